The summed E-state index contributed by atoms with van der Waals surface area (Å²) in [5, 5.41) is 5.05. The second kappa shape index (κ2) is 9.32. The summed E-state index contributed by atoms with van der Waals surface area (Å²) >= 11 is 0. The highest BCUT2D eigenvalue weighted by molar-refractivity contribution is 5.96. The monoisotopic (exact) mass is 400 g/mol. The van der Waals surface area contributed by atoms with Crippen molar-refractivity contribution >= 4 is 23.5 Å². The fourth-order valence-corrected chi connectivity index (χ4v) is 2.59. The topological polar surface area (TPSA) is 84.5 Å². The van der Waals surface area contributed by atoms with Gasteiger partial charge < -0.3 is 15.4 Å². The number of anilines is 1. The van der Waals surface area contributed by atoms with Crippen LogP contribution in [0, 0.1) is 5.82 Å². The first kappa shape index (κ1) is 22.1. The first-order valence-corrected chi connectivity index (χ1v) is 9.18. The van der Waals surface area contributed by atoms with Gasteiger partial charge in [0.1, 0.15) is 5.82 Å². The molecule has 0 saturated carbocycles. The number of nitrogens with one attached hydrogen (secondary N) is 2. The summed E-state index contributed by atoms with van der Waals surface area (Å²) < 4.78 is 18.4. The van der Waals surface area contributed by atoms with Crippen molar-refractivity contribution in [2.45, 2.75) is 32.6 Å². The van der Waals surface area contributed by atoms with Crippen LogP contribution in [0.3, 0.4) is 0 Å². The average molecular weight is 400 g/mol. The summed E-state index contributed by atoms with van der Waals surface area (Å²) in [6.45, 7) is 6.35. The molecule has 6 nitrogen and oxygen atoms in total. The molecule has 0 aromatic heterocycles. The van der Waals surface area contributed by atoms with E-state index in [2.05, 4.69) is 36.1 Å². The molecule has 154 valence electrons. The Morgan fingerprint density at radius 1 is 1.00 bits per heavy atom. The van der Waals surface area contributed by atoms with Gasteiger partial charge in [0.2, 0.25) is 5.91 Å². The van der Waals surface area contributed by atoms with E-state index in [0.29, 0.717) is 5.56 Å². The summed E-state index contributed by atoms with van der Waals surface area (Å²) in [5.41, 5.74) is 1.60. The summed E-state index contributed by atoms with van der Waals surface area (Å²) in [4.78, 5) is 35.8. The van der Waals surface area contributed by atoms with E-state index in [9.17, 15) is 18.8 Å². The van der Waals surface area contributed by atoms with Crippen LogP contribution in [-0.4, -0.2) is 31.4 Å². The molecule has 0 heterocycles. The predicted octanol–water partition coefficient (Wildman–Crippen LogP) is 3.67. The number of ether oxygens (including phenoxy) is 1. The van der Waals surface area contributed by atoms with E-state index >= 15 is 0 Å². The third-order valence-electron chi connectivity index (χ3n) is 4.31. The molecule has 0 aliphatic rings. The van der Waals surface area contributed by atoms with Crippen molar-refractivity contribution in [3.05, 3.63) is 65.0 Å². The molecule has 2 amide bonds. The first-order valence-electron chi connectivity index (χ1n) is 9.18. The third-order valence-corrected chi connectivity index (χ3v) is 4.31. The van der Waals surface area contributed by atoms with Gasteiger partial charge in [-0.05, 0) is 41.3 Å². The predicted molar refractivity (Wildman–Crippen MR) is 108 cm³/mol. The lowest BCUT2D eigenvalue weighted by Crippen LogP contribution is -2.28. The van der Waals surface area contributed by atoms with Crippen LogP contribution in [0.2, 0.25) is 0 Å². The van der Waals surface area contributed by atoms with E-state index in [1.54, 1.807) is 12.1 Å². The van der Waals surface area contributed by atoms with E-state index < -0.39 is 17.7 Å². The number of hydrogen-bond donors (Lipinski definition) is 2. The molecular weight excluding hydrogens is 375 g/mol. The van der Waals surface area contributed by atoms with Gasteiger partial charge in [0.15, 0.2) is 0 Å². The average Bonchev–Trinajstić information content (AvgIpc) is 2.68. The standard InChI is InChI=1S/C22H25FN2O4/c1-22(2,3)16-8-5-14(6-9-16)20(27)24-12-11-19(26)25-18-13-15(21(28)29-4)7-10-17(18)23/h5-10,13H,11-12H2,1-4H3,(H,24,27)(H,25,26). The number of esters is 1. The van der Waals surface area contributed by atoms with Crippen molar-refractivity contribution in [2.24, 2.45) is 0 Å². The Morgan fingerprint density at radius 3 is 2.21 bits per heavy atom. The molecule has 0 aliphatic carbocycles. The quantitative estimate of drug-likeness (QED) is 0.725. The Bertz CT molecular complexity index is 902. The molecule has 0 saturated heterocycles. The van der Waals surface area contributed by atoms with E-state index in [-0.39, 0.29) is 35.5 Å². The minimum absolute atomic E-state index is 0.00641. The van der Waals surface area contributed by atoms with Crippen molar-refractivity contribution in [1.29, 1.82) is 0 Å². The van der Waals surface area contributed by atoms with Crippen LogP contribution in [0.5, 0.6) is 0 Å². The summed E-state index contributed by atoms with van der Waals surface area (Å²) in [6.07, 6.45) is -0.0479. The van der Waals surface area contributed by atoms with Crippen LogP contribution in [0.15, 0.2) is 42.5 Å². The van der Waals surface area contributed by atoms with E-state index in [1.165, 1.54) is 19.2 Å². The van der Waals surface area contributed by atoms with E-state index in [4.69, 9.17) is 0 Å². The maximum Gasteiger partial charge on any atom is 0.337 e. The maximum absolute atomic E-state index is 13.8. The molecule has 2 aromatic carbocycles. The normalized spacial score (nSPS) is 10.9. The number of carbonyl (C=O) groups excluding carboxylic acids is 3. The third kappa shape index (κ3) is 6.14. The largest absolute Gasteiger partial charge is 0.465 e. The highest BCUT2D eigenvalue weighted by Gasteiger charge is 2.15. The Labute approximate surface area is 169 Å². The van der Waals surface area contributed by atoms with E-state index in [1.807, 2.05) is 12.1 Å². The van der Waals surface area contributed by atoms with Gasteiger partial charge in [0.25, 0.3) is 5.91 Å². The van der Waals surface area contributed by atoms with Gasteiger partial charge in [-0.25, -0.2) is 9.18 Å². The van der Waals surface area contributed by atoms with Crippen LogP contribution >= 0.6 is 0 Å². The lowest BCUT2D eigenvalue weighted by atomic mass is 9.87. The highest BCUT2D eigenvalue weighted by atomic mass is 19.1. The summed E-state index contributed by atoms with van der Waals surface area (Å²) in [7, 11) is 1.21. The first-order chi connectivity index (χ1) is 13.6. The molecule has 0 bridgehead atoms. The van der Waals surface area contributed by atoms with Crippen molar-refractivity contribution in [3.8, 4) is 0 Å². The fourth-order valence-electron chi connectivity index (χ4n) is 2.59. The number of benzene rings is 2. The molecule has 0 aliphatic heterocycles. The molecule has 0 atom stereocenters. The Hall–Kier alpha value is -3.22. The van der Waals surface area contributed by atoms with E-state index in [0.717, 1.165) is 11.6 Å². The summed E-state index contributed by atoms with van der Waals surface area (Å²) in [5.74, 6) is -2.09. The number of methoxy groups -OCH3 is 1. The van der Waals surface area contributed by atoms with Gasteiger partial charge in [-0.15, -0.1) is 0 Å². The lowest BCUT2D eigenvalue weighted by Gasteiger charge is -2.19. The molecule has 2 rings (SSSR count). The van der Waals surface area contributed by atoms with Crippen molar-refractivity contribution < 1.29 is 23.5 Å². The van der Waals surface area contributed by atoms with Crippen molar-refractivity contribution in [1.82, 2.24) is 5.32 Å². The van der Waals surface area contributed by atoms with Gasteiger partial charge in [-0.1, -0.05) is 32.9 Å². The molecule has 7 heteroatoms. The molecule has 0 fully saturated rings. The number of carbonyl (C=O) groups is 3. The Kier molecular flexibility index (Phi) is 7.09. The van der Waals surface area contributed by atoms with Crippen LogP contribution in [0.1, 0.15) is 53.5 Å². The second-order valence-electron chi connectivity index (χ2n) is 7.57. The van der Waals surface area contributed by atoms with Crippen LogP contribution < -0.4 is 10.6 Å². The number of halogens is 1. The van der Waals surface area contributed by atoms with Crippen LogP contribution in [0.25, 0.3) is 0 Å². The minimum atomic E-state index is -0.672. The molecule has 0 radical (unpaired) electrons. The van der Waals surface area contributed by atoms with Crippen LogP contribution in [0.4, 0.5) is 10.1 Å². The zero-order valence-electron chi connectivity index (χ0n) is 17.0. The Balaban J connectivity index is 1.88. The number of hydrogen-bond acceptors (Lipinski definition) is 4. The smallest absolute Gasteiger partial charge is 0.337 e. The van der Waals surface area contributed by atoms with Crippen molar-refractivity contribution in [2.75, 3.05) is 19.0 Å². The number of amides is 2. The maximum atomic E-state index is 13.8. The zero-order chi connectivity index (χ0) is 21.6. The molecule has 2 N–H and O–H groups in total. The SMILES string of the molecule is COC(=O)c1ccc(F)c(NC(=O)CCNC(=O)c2ccc(C(C)(C)C)cc2)c1. The van der Waals surface area contributed by atoms with Gasteiger partial charge in [-0.3, -0.25) is 9.59 Å². The zero-order valence-corrected chi connectivity index (χ0v) is 17.0. The molecule has 0 unspecified atom stereocenters. The molecule has 0 spiro atoms. The lowest BCUT2D eigenvalue weighted by molar-refractivity contribution is -0.116. The molecule has 29 heavy (non-hydrogen) atoms. The minimum Gasteiger partial charge on any atom is -0.465 e. The van der Waals surface area contributed by atoms with Gasteiger partial charge >= 0.3 is 5.97 Å². The fraction of sp³-hybridized carbons (Fsp3) is 0.318. The van der Waals surface area contributed by atoms with Crippen LogP contribution in [-0.2, 0) is 14.9 Å². The molecular formula is C22H25FN2O4. The van der Waals surface area contributed by atoms with Crippen molar-refractivity contribution in [3.63, 3.8) is 0 Å². The number of rotatable bonds is 6. The van der Waals surface area contributed by atoms with Gasteiger partial charge in [-0.2, -0.15) is 0 Å². The highest BCUT2D eigenvalue weighted by Crippen LogP contribution is 2.22. The second-order valence-corrected chi connectivity index (χ2v) is 7.57. The Morgan fingerprint density at radius 2 is 1.62 bits per heavy atom. The summed E-state index contributed by atoms with van der Waals surface area (Å²) in [6, 6.07) is 10.8. The van der Waals surface area contributed by atoms with Gasteiger partial charge in [0, 0.05) is 18.5 Å². The van der Waals surface area contributed by atoms with Gasteiger partial charge in [0.05, 0.1) is 18.4 Å². The molecule has 2 aromatic rings.